The minimum Gasteiger partial charge on any atom is -0.355 e. The van der Waals surface area contributed by atoms with Crippen LogP contribution in [0.25, 0.3) is 0 Å². The number of hydrogen-bond donors (Lipinski definition) is 2. The molecule has 1 amide bonds. The maximum Gasteiger partial charge on any atom is 0.289 e. The van der Waals surface area contributed by atoms with E-state index in [-0.39, 0.29) is 5.56 Å². The molecule has 92 valence electrons. The summed E-state index contributed by atoms with van der Waals surface area (Å²) < 4.78 is 22.3. The molecule has 9 heteroatoms. The Morgan fingerprint density at radius 1 is 1.47 bits per heavy atom. The van der Waals surface area contributed by atoms with Crippen LogP contribution in [-0.4, -0.2) is 26.3 Å². The lowest BCUT2D eigenvalue weighted by Crippen LogP contribution is -2.20. The molecule has 0 bridgehead atoms. The van der Waals surface area contributed by atoms with Crippen molar-refractivity contribution in [2.45, 2.75) is 4.90 Å². The van der Waals surface area contributed by atoms with Crippen LogP contribution in [0.3, 0.4) is 0 Å². The van der Waals surface area contributed by atoms with Crippen LogP contribution < -0.4 is 10.5 Å². The predicted molar refractivity (Wildman–Crippen MR) is 57.9 cm³/mol. The summed E-state index contributed by atoms with van der Waals surface area (Å²) in [6, 6.07) is 2.93. The lowest BCUT2D eigenvalue weighted by Gasteiger charge is -2.03. The molecule has 0 fully saturated rings. The van der Waals surface area contributed by atoms with Crippen LogP contribution in [-0.2, 0) is 10.0 Å². The molecule has 3 N–H and O–H groups in total. The van der Waals surface area contributed by atoms with E-state index in [2.05, 4.69) is 5.32 Å². The fourth-order valence-corrected chi connectivity index (χ4v) is 1.90. The second kappa shape index (κ2) is 4.47. The minimum atomic E-state index is -4.26. The molecule has 1 aromatic rings. The van der Waals surface area contributed by atoms with Gasteiger partial charge in [0, 0.05) is 18.7 Å². The van der Waals surface area contributed by atoms with Crippen molar-refractivity contribution < 1.29 is 18.1 Å². The van der Waals surface area contributed by atoms with Gasteiger partial charge in [0.15, 0.2) is 4.90 Å². The maximum atomic E-state index is 11.3. The normalized spacial score (nSPS) is 10.9. The summed E-state index contributed by atoms with van der Waals surface area (Å²) in [5.41, 5.74) is -0.692. The van der Waals surface area contributed by atoms with Crippen LogP contribution >= 0.6 is 0 Å². The molecule has 0 heterocycles. The molecule has 0 aliphatic heterocycles. The zero-order valence-electron chi connectivity index (χ0n) is 8.71. The Labute approximate surface area is 96.6 Å². The quantitative estimate of drug-likeness (QED) is 0.563. The van der Waals surface area contributed by atoms with Crippen LogP contribution in [0.15, 0.2) is 23.1 Å². The van der Waals surface area contributed by atoms with E-state index in [9.17, 15) is 23.3 Å². The van der Waals surface area contributed by atoms with Crippen molar-refractivity contribution in [1.29, 1.82) is 0 Å². The fraction of sp³-hybridized carbons (Fsp3) is 0.125. The lowest BCUT2D eigenvalue weighted by molar-refractivity contribution is -0.387. The third-order valence-electron chi connectivity index (χ3n) is 1.95. The van der Waals surface area contributed by atoms with Gasteiger partial charge >= 0.3 is 0 Å². The SMILES string of the molecule is CNC(=O)c1ccc([N+](=O)[O-])c(S(N)(=O)=O)c1. The molecule has 17 heavy (non-hydrogen) atoms. The number of rotatable bonds is 3. The second-order valence-electron chi connectivity index (χ2n) is 3.06. The van der Waals surface area contributed by atoms with E-state index in [1.165, 1.54) is 7.05 Å². The molecule has 0 saturated carbocycles. The van der Waals surface area contributed by atoms with Gasteiger partial charge in [-0.1, -0.05) is 0 Å². The molecule has 0 radical (unpaired) electrons. The number of carbonyl (C=O) groups excluding carboxylic acids is 1. The van der Waals surface area contributed by atoms with Crippen molar-refractivity contribution in [1.82, 2.24) is 5.32 Å². The first kappa shape index (κ1) is 13.1. The number of hydrogen-bond acceptors (Lipinski definition) is 5. The van der Waals surface area contributed by atoms with E-state index < -0.39 is 31.4 Å². The smallest absolute Gasteiger partial charge is 0.289 e. The summed E-state index contributed by atoms with van der Waals surface area (Å²) in [7, 11) is -2.92. The van der Waals surface area contributed by atoms with Crippen LogP contribution in [0, 0.1) is 10.1 Å². The number of nitrogens with one attached hydrogen (secondary N) is 1. The maximum absolute atomic E-state index is 11.3. The average molecular weight is 259 g/mol. The van der Waals surface area contributed by atoms with E-state index in [4.69, 9.17) is 5.14 Å². The molecule has 0 aromatic heterocycles. The summed E-state index contributed by atoms with van der Waals surface area (Å²) in [6.07, 6.45) is 0. The van der Waals surface area contributed by atoms with E-state index >= 15 is 0 Å². The number of nitro benzene ring substituents is 1. The molecule has 0 saturated heterocycles. The van der Waals surface area contributed by atoms with Crippen molar-refractivity contribution in [3.63, 3.8) is 0 Å². The molecule has 1 aromatic carbocycles. The minimum absolute atomic E-state index is 0.0258. The summed E-state index contributed by atoms with van der Waals surface area (Å²) in [5.74, 6) is -0.565. The monoisotopic (exact) mass is 259 g/mol. The molecule has 0 atom stereocenters. The molecule has 0 unspecified atom stereocenters. The number of nitrogens with zero attached hydrogens (tertiary/aromatic N) is 1. The first-order valence-corrected chi connectivity index (χ1v) is 5.85. The van der Waals surface area contributed by atoms with Gasteiger partial charge < -0.3 is 5.32 Å². The number of sulfonamides is 1. The fourth-order valence-electron chi connectivity index (χ4n) is 1.18. The highest BCUT2D eigenvalue weighted by molar-refractivity contribution is 7.89. The van der Waals surface area contributed by atoms with Crippen molar-refractivity contribution in [2.24, 2.45) is 5.14 Å². The largest absolute Gasteiger partial charge is 0.355 e. The van der Waals surface area contributed by atoms with Gasteiger partial charge in [-0.05, 0) is 12.1 Å². The van der Waals surface area contributed by atoms with Gasteiger partial charge in [-0.15, -0.1) is 0 Å². The zero-order valence-corrected chi connectivity index (χ0v) is 9.52. The number of nitro groups is 1. The van der Waals surface area contributed by atoms with Gasteiger partial charge in [-0.2, -0.15) is 0 Å². The Kier molecular flexibility index (Phi) is 3.44. The van der Waals surface area contributed by atoms with Gasteiger partial charge in [0.1, 0.15) is 0 Å². The van der Waals surface area contributed by atoms with Crippen LogP contribution in [0.5, 0.6) is 0 Å². The van der Waals surface area contributed by atoms with E-state index in [1.54, 1.807) is 0 Å². The second-order valence-corrected chi connectivity index (χ2v) is 4.59. The molecular formula is C8H9N3O5S. The number of nitrogens with two attached hydrogens (primary N) is 1. The zero-order chi connectivity index (χ0) is 13.2. The van der Waals surface area contributed by atoms with Crippen LogP contribution in [0.2, 0.25) is 0 Å². The lowest BCUT2D eigenvalue weighted by atomic mass is 10.2. The van der Waals surface area contributed by atoms with E-state index in [0.29, 0.717) is 0 Å². The van der Waals surface area contributed by atoms with Crippen molar-refractivity contribution in [3.05, 3.63) is 33.9 Å². The van der Waals surface area contributed by atoms with Crippen molar-refractivity contribution >= 4 is 21.6 Å². The average Bonchev–Trinajstić information content (AvgIpc) is 2.25. The Morgan fingerprint density at radius 3 is 2.47 bits per heavy atom. The van der Waals surface area contributed by atoms with Gasteiger partial charge in [0.25, 0.3) is 11.6 Å². The summed E-state index contributed by atoms with van der Waals surface area (Å²) in [4.78, 5) is 20.3. The Balaban J connectivity index is 3.51. The number of amides is 1. The highest BCUT2D eigenvalue weighted by atomic mass is 32.2. The third-order valence-corrected chi connectivity index (χ3v) is 2.89. The van der Waals surface area contributed by atoms with Crippen molar-refractivity contribution in [3.8, 4) is 0 Å². The van der Waals surface area contributed by atoms with Crippen LogP contribution in [0.4, 0.5) is 5.69 Å². The number of benzene rings is 1. The molecule has 0 aliphatic carbocycles. The van der Waals surface area contributed by atoms with Crippen molar-refractivity contribution in [2.75, 3.05) is 7.05 Å². The first-order valence-electron chi connectivity index (χ1n) is 4.30. The number of primary sulfonamides is 1. The van der Waals surface area contributed by atoms with Crippen LogP contribution in [0.1, 0.15) is 10.4 Å². The third kappa shape index (κ3) is 2.77. The molecule has 0 spiro atoms. The summed E-state index contributed by atoms with van der Waals surface area (Å²) >= 11 is 0. The van der Waals surface area contributed by atoms with Gasteiger partial charge in [0.2, 0.25) is 10.0 Å². The van der Waals surface area contributed by atoms with E-state index in [1.807, 2.05) is 0 Å². The Bertz CT molecular complexity index is 581. The first-order chi connectivity index (χ1) is 7.77. The standard InChI is InChI=1S/C8H9N3O5S/c1-10-8(12)5-2-3-6(11(13)14)7(4-5)17(9,15)16/h2-4H,1H3,(H,10,12)(H2,9,15,16). The highest BCUT2D eigenvalue weighted by Crippen LogP contribution is 2.23. The summed E-state index contributed by atoms with van der Waals surface area (Å²) in [5, 5.41) is 17.7. The molecular weight excluding hydrogens is 250 g/mol. The van der Waals surface area contributed by atoms with Gasteiger partial charge in [0.05, 0.1) is 4.92 Å². The van der Waals surface area contributed by atoms with E-state index in [0.717, 1.165) is 18.2 Å². The Morgan fingerprint density at radius 2 is 2.06 bits per heavy atom. The highest BCUT2D eigenvalue weighted by Gasteiger charge is 2.24. The molecule has 8 nitrogen and oxygen atoms in total. The molecule has 1 rings (SSSR count). The van der Waals surface area contributed by atoms with Gasteiger partial charge in [-0.25, -0.2) is 13.6 Å². The topological polar surface area (TPSA) is 132 Å². The summed E-state index contributed by atoms with van der Waals surface area (Å²) in [6.45, 7) is 0. The molecule has 0 aliphatic rings. The Hall–Kier alpha value is -2.00. The predicted octanol–water partition coefficient (Wildman–Crippen LogP) is -0.398. The van der Waals surface area contributed by atoms with Gasteiger partial charge in [-0.3, -0.25) is 14.9 Å². The number of carbonyl (C=O) groups is 1.